The number of hydrogen-bond acceptors (Lipinski definition) is 4. The first-order valence-electron chi connectivity index (χ1n) is 3.66. The Labute approximate surface area is 71.8 Å². The highest BCUT2D eigenvalue weighted by Gasteiger charge is 2.10. The first-order valence-corrected chi connectivity index (χ1v) is 3.66. The van der Waals surface area contributed by atoms with Gasteiger partial charge in [-0.25, -0.2) is 0 Å². The Morgan fingerprint density at radius 1 is 1.33 bits per heavy atom. The van der Waals surface area contributed by atoms with Crippen molar-refractivity contribution in [3.63, 3.8) is 0 Å². The fraction of sp³-hybridized carbons (Fsp3) is 0.625. The number of esters is 2. The van der Waals surface area contributed by atoms with Gasteiger partial charge < -0.3 is 9.47 Å². The van der Waals surface area contributed by atoms with Gasteiger partial charge in [0.15, 0.2) is 0 Å². The van der Waals surface area contributed by atoms with Crippen LogP contribution >= 0.6 is 0 Å². The molecule has 0 spiro atoms. The lowest BCUT2D eigenvalue weighted by Crippen LogP contribution is -2.22. The molecule has 4 nitrogen and oxygen atoms in total. The van der Waals surface area contributed by atoms with Crippen molar-refractivity contribution in [3.8, 4) is 0 Å². The molecule has 1 unspecified atom stereocenters. The van der Waals surface area contributed by atoms with Gasteiger partial charge in [-0.2, -0.15) is 0 Å². The average molecular weight is 173 g/mol. The van der Waals surface area contributed by atoms with Crippen molar-refractivity contribution in [2.24, 2.45) is 0 Å². The zero-order chi connectivity index (χ0) is 9.56. The molecular weight excluding hydrogens is 160 g/mol. The molecule has 0 aliphatic carbocycles. The lowest BCUT2D eigenvalue weighted by molar-refractivity contribution is -0.156. The van der Waals surface area contributed by atoms with Gasteiger partial charge in [0.2, 0.25) is 0 Å². The molecule has 0 rings (SSSR count). The minimum absolute atomic E-state index is 0.0818. The molecule has 1 atom stereocenters. The Balaban J connectivity index is 3.67. The molecule has 0 heterocycles. The van der Waals surface area contributed by atoms with Gasteiger partial charge in [0.05, 0.1) is 0 Å². The summed E-state index contributed by atoms with van der Waals surface area (Å²) in [4.78, 5) is 20.8. The largest absolute Gasteiger partial charge is 0.462 e. The van der Waals surface area contributed by atoms with E-state index in [-0.39, 0.29) is 12.6 Å². The van der Waals surface area contributed by atoms with Crippen LogP contribution in [-0.2, 0) is 19.1 Å². The molecule has 0 aromatic carbocycles. The van der Waals surface area contributed by atoms with Crippen LogP contribution in [0.1, 0.15) is 20.3 Å². The van der Waals surface area contributed by atoms with Crippen LogP contribution in [0.5, 0.6) is 0 Å². The summed E-state index contributed by atoms with van der Waals surface area (Å²) in [6.07, 6.45) is -0.0289. The SMILES string of the molecule is [CH2]CC(COC(C)=O)OC(C)=O. The summed E-state index contributed by atoms with van der Waals surface area (Å²) in [5.41, 5.74) is 0. The molecule has 0 aliphatic rings. The average Bonchev–Trinajstić information content (AvgIpc) is 1.97. The van der Waals surface area contributed by atoms with E-state index in [4.69, 9.17) is 4.74 Å². The predicted octanol–water partition coefficient (Wildman–Crippen LogP) is 0.705. The Bertz CT molecular complexity index is 164. The highest BCUT2D eigenvalue weighted by molar-refractivity contribution is 5.67. The van der Waals surface area contributed by atoms with Crippen molar-refractivity contribution >= 4 is 11.9 Å². The number of hydrogen-bond donors (Lipinski definition) is 0. The molecule has 1 radical (unpaired) electrons. The molecule has 0 aromatic heterocycles. The molecule has 0 fully saturated rings. The number of carbonyl (C=O) groups is 2. The van der Waals surface area contributed by atoms with Crippen molar-refractivity contribution < 1.29 is 19.1 Å². The van der Waals surface area contributed by atoms with E-state index >= 15 is 0 Å². The summed E-state index contributed by atoms with van der Waals surface area (Å²) in [5, 5.41) is 0. The summed E-state index contributed by atoms with van der Waals surface area (Å²) in [6.45, 7) is 6.23. The molecule has 12 heavy (non-hydrogen) atoms. The van der Waals surface area contributed by atoms with Gasteiger partial charge in [-0.1, -0.05) is 0 Å². The monoisotopic (exact) mass is 173 g/mol. The smallest absolute Gasteiger partial charge is 0.303 e. The molecular formula is C8H13O4. The van der Waals surface area contributed by atoms with E-state index in [9.17, 15) is 9.59 Å². The van der Waals surface area contributed by atoms with Gasteiger partial charge in [0.25, 0.3) is 0 Å². The Morgan fingerprint density at radius 3 is 2.25 bits per heavy atom. The minimum Gasteiger partial charge on any atom is -0.462 e. The van der Waals surface area contributed by atoms with Crippen LogP contribution in [0.25, 0.3) is 0 Å². The first-order chi connectivity index (χ1) is 5.56. The van der Waals surface area contributed by atoms with Gasteiger partial charge in [-0.05, 0) is 13.3 Å². The third-order valence-electron chi connectivity index (χ3n) is 1.13. The summed E-state index contributed by atoms with van der Waals surface area (Å²) < 4.78 is 9.41. The van der Waals surface area contributed by atoms with E-state index in [2.05, 4.69) is 11.7 Å². The van der Waals surface area contributed by atoms with Crippen molar-refractivity contribution in [1.29, 1.82) is 0 Å². The zero-order valence-electron chi connectivity index (χ0n) is 7.33. The maximum absolute atomic E-state index is 10.5. The molecule has 0 saturated carbocycles. The van der Waals surface area contributed by atoms with Crippen molar-refractivity contribution in [3.05, 3.63) is 6.92 Å². The van der Waals surface area contributed by atoms with E-state index in [0.29, 0.717) is 6.42 Å². The lowest BCUT2D eigenvalue weighted by atomic mass is 10.3. The predicted molar refractivity (Wildman–Crippen MR) is 42.2 cm³/mol. The van der Waals surface area contributed by atoms with Crippen LogP contribution in [0.3, 0.4) is 0 Å². The standard InChI is InChI=1S/C8H13O4/c1-4-8(12-7(3)10)5-11-6(2)9/h8H,1,4-5H2,2-3H3. The summed E-state index contributed by atoms with van der Waals surface area (Å²) in [7, 11) is 0. The molecule has 0 aromatic rings. The zero-order valence-corrected chi connectivity index (χ0v) is 7.33. The van der Waals surface area contributed by atoms with Crippen LogP contribution < -0.4 is 0 Å². The molecule has 4 heteroatoms. The van der Waals surface area contributed by atoms with Crippen LogP contribution in [0.4, 0.5) is 0 Å². The van der Waals surface area contributed by atoms with Crippen molar-refractivity contribution in [2.75, 3.05) is 6.61 Å². The van der Waals surface area contributed by atoms with Gasteiger partial charge in [0.1, 0.15) is 12.7 Å². The topological polar surface area (TPSA) is 52.6 Å². The second kappa shape index (κ2) is 5.57. The van der Waals surface area contributed by atoms with Crippen LogP contribution in [0.2, 0.25) is 0 Å². The fourth-order valence-electron chi connectivity index (χ4n) is 0.621. The maximum atomic E-state index is 10.5. The number of ether oxygens (including phenoxy) is 2. The summed E-state index contributed by atoms with van der Waals surface area (Å²) >= 11 is 0. The van der Waals surface area contributed by atoms with Crippen molar-refractivity contribution in [1.82, 2.24) is 0 Å². The van der Waals surface area contributed by atoms with Gasteiger partial charge in [-0.3, -0.25) is 9.59 Å². The normalized spacial score (nSPS) is 11.9. The number of carbonyl (C=O) groups excluding carboxylic acids is 2. The van der Waals surface area contributed by atoms with Crippen LogP contribution in [-0.4, -0.2) is 24.6 Å². The second-order valence-corrected chi connectivity index (χ2v) is 2.32. The maximum Gasteiger partial charge on any atom is 0.303 e. The highest BCUT2D eigenvalue weighted by Crippen LogP contribution is 1.98. The van der Waals surface area contributed by atoms with Gasteiger partial charge in [0, 0.05) is 13.8 Å². The Morgan fingerprint density at radius 2 is 1.92 bits per heavy atom. The molecule has 0 bridgehead atoms. The fourth-order valence-corrected chi connectivity index (χ4v) is 0.621. The highest BCUT2D eigenvalue weighted by atomic mass is 16.6. The third-order valence-corrected chi connectivity index (χ3v) is 1.13. The van der Waals surface area contributed by atoms with E-state index in [1.807, 2.05) is 0 Å². The Hall–Kier alpha value is -1.06. The summed E-state index contributed by atoms with van der Waals surface area (Å²) in [5.74, 6) is -0.781. The summed E-state index contributed by atoms with van der Waals surface area (Å²) in [6, 6.07) is 0. The van der Waals surface area contributed by atoms with Crippen LogP contribution in [0, 0.1) is 6.92 Å². The molecule has 0 saturated heterocycles. The van der Waals surface area contributed by atoms with Crippen LogP contribution in [0.15, 0.2) is 0 Å². The quantitative estimate of drug-likeness (QED) is 0.587. The molecule has 0 aliphatic heterocycles. The van der Waals surface area contributed by atoms with E-state index in [0.717, 1.165) is 0 Å². The second-order valence-electron chi connectivity index (χ2n) is 2.32. The molecule has 0 N–H and O–H groups in total. The van der Waals surface area contributed by atoms with E-state index < -0.39 is 12.1 Å². The first kappa shape index (κ1) is 10.9. The van der Waals surface area contributed by atoms with E-state index in [1.165, 1.54) is 13.8 Å². The minimum atomic E-state index is -0.425. The third kappa shape index (κ3) is 5.70. The number of rotatable bonds is 4. The van der Waals surface area contributed by atoms with E-state index in [1.54, 1.807) is 0 Å². The van der Waals surface area contributed by atoms with Gasteiger partial charge >= 0.3 is 11.9 Å². The lowest BCUT2D eigenvalue weighted by Gasteiger charge is -2.13. The molecule has 0 amide bonds. The molecule has 69 valence electrons. The van der Waals surface area contributed by atoms with Gasteiger partial charge in [-0.15, -0.1) is 0 Å². The van der Waals surface area contributed by atoms with Crippen molar-refractivity contribution in [2.45, 2.75) is 26.4 Å². The Kier molecular flexibility index (Phi) is 5.08.